The van der Waals surface area contributed by atoms with Gasteiger partial charge in [-0.15, -0.1) is 0 Å². The number of nitrogens with two attached hydrogens (primary N) is 1. The SMILES string of the molecule is COc1cc(C(=O)N2C[C@H](N)[C@@H]3CC[C@H]2C3)cc2nc(-c3cc4ccc5nc4n3CCCCCC[C@](c3ccccn3)(C(F)F)C(=O)N[C@@H]5C)n(C)c12. The maximum Gasteiger partial charge on any atom is 0.258 e. The Hall–Kier alpha value is -4.91. The second kappa shape index (κ2) is 13.8. The minimum atomic E-state index is -2.94. The summed E-state index contributed by atoms with van der Waals surface area (Å²) in [7, 11) is 3.55. The molecule has 1 saturated heterocycles. The molecule has 0 radical (unpaired) electrons. The van der Waals surface area contributed by atoms with Crippen LogP contribution in [0.1, 0.15) is 86.1 Å². The van der Waals surface area contributed by atoms with Crippen LogP contribution in [0.25, 0.3) is 33.6 Å². The van der Waals surface area contributed by atoms with Gasteiger partial charge in [-0.2, -0.15) is 0 Å². The number of amides is 2. The van der Waals surface area contributed by atoms with Crippen LogP contribution in [0.15, 0.2) is 54.7 Å². The monoisotopic (exact) mass is 724 g/mol. The molecule has 8 rings (SSSR count). The van der Waals surface area contributed by atoms with Crippen molar-refractivity contribution in [1.29, 1.82) is 0 Å². The van der Waals surface area contributed by atoms with Crippen molar-refractivity contribution in [3.63, 3.8) is 0 Å². The van der Waals surface area contributed by atoms with E-state index in [2.05, 4.69) is 20.9 Å². The molecule has 1 saturated carbocycles. The highest BCUT2D eigenvalue weighted by molar-refractivity contribution is 6.00. The number of aryl methyl sites for hydroxylation is 2. The number of nitrogens with zero attached hydrogens (tertiary/aromatic N) is 6. The van der Waals surface area contributed by atoms with Crippen LogP contribution in [0.2, 0.25) is 0 Å². The smallest absolute Gasteiger partial charge is 0.258 e. The number of likely N-dealkylation sites (tertiary alicyclic amines) is 1. The van der Waals surface area contributed by atoms with Crippen LogP contribution in [0.5, 0.6) is 5.75 Å². The zero-order valence-corrected chi connectivity index (χ0v) is 30.4. The number of aromatic nitrogens is 5. The fourth-order valence-electron chi connectivity index (χ4n) is 8.95. The van der Waals surface area contributed by atoms with Crippen molar-refractivity contribution >= 4 is 33.9 Å². The Morgan fingerprint density at radius 1 is 1.08 bits per heavy atom. The summed E-state index contributed by atoms with van der Waals surface area (Å²) in [6.45, 7) is 2.94. The highest BCUT2D eigenvalue weighted by atomic mass is 19.3. The number of hydrogen-bond donors (Lipinski definition) is 2. The van der Waals surface area contributed by atoms with E-state index in [-0.39, 0.29) is 30.1 Å². The van der Waals surface area contributed by atoms with Crippen LogP contribution >= 0.6 is 0 Å². The first kappa shape index (κ1) is 35.1. The average molecular weight is 725 g/mol. The molecule has 278 valence electrons. The second-order valence-corrected chi connectivity index (χ2v) is 15.1. The van der Waals surface area contributed by atoms with E-state index >= 15 is 8.78 Å². The number of fused-ring (bicyclic) bond motifs is 4. The van der Waals surface area contributed by atoms with E-state index in [4.69, 9.17) is 20.4 Å². The normalized spacial score (nSPS) is 25.3. The van der Waals surface area contributed by atoms with Crippen LogP contribution < -0.4 is 15.8 Å². The number of halogens is 2. The molecule has 2 fully saturated rings. The predicted octanol–water partition coefficient (Wildman–Crippen LogP) is 6.29. The lowest BCUT2D eigenvalue weighted by Crippen LogP contribution is -2.51. The number of carbonyl (C=O) groups excluding carboxylic acids is 2. The van der Waals surface area contributed by atoms with Gasteiger partial charge in [-0.3, -0.25) is 14.6 Å². The molecule has 13 heteroatoms. The van der Waals surface area contributed by atoms with E-state index < -0.39 is 23.8 Å². The number of ether oxygens (including phenoxy) is 1. The van der Waals surface area contributed by atoms with Gasteiger partial charge in [0.2, 0.25) is 5.91 Å². The molecule has 0 spiro atoms. The molecule has 5 aromatic rings. The van der Waals surface area contributed by atoms with E-state index in [1.807, 2.05) is 40.8 Å². The standard InChI is InChI=1S/C40H46F2N8O3/c1-23-29-14-12-25-20-31(49(35(25)46-29)17-9-5-4-7-15-40(38(41)42,39(52)45-23)33-10-6-8-16-44-33)36-47-30-19-26(21-32(53-3)34(30)48(36)2)37(51)50-22-28(43)24-11-13-27(50)18-24/h6,8,10,12,14,16,19-21,23-24,27-28,38H,4-5,7,9,11,13,15,17-18,22,43H2,1-3H3,(H,45,52)/t23-,24-,27+,28+,40+/m1/s1. The number of rotatable bonds is 5. The molecule has 2 aliphatic heterocycles. The largest absolute Gasteiger partial charge is 0.494 e. The Morgan fingerprint density at radius 2 is 1.91 bits per heavy atom. The number of methoxy groups -OCH3 is 1. The Labute approximate surface area is 306 Å². The quantitative estimate of drug-likeness (QED) is 0.218. The zero-order chi connectivity index (χ0) is 37.0. The van der Waals surface area contributed by atoms with Crippen molar-refractivity contribution in [3.8, 4) is 17.3 Å². The molecule has 3 aliphatic rings. The van der Waals surface area contributed by atoms with Gasteiger partial charge in [-0.25, -0.2) is 18.7 Å². The minimum Gasteiger partial charge on any atom is -0.494 e. The van der Waals surface area contributed by atoms with E-state index in [1.165, 1.54) is 12.3 Å². The minimum absolute atomic E-state index is 0.0132. The Morgan fingerprint density at radius 3 is 2.68 bits per heavy atom. The van der Waals surface area contributed by atoms with Crippen molar-refractivity contribution in [2.45, 2.75) is 94.8 Å². The molecule has 6 heterocycles. The number of benzene rings is 1. The Kier molecular flexibility index (Phi) is 9.16. The zero-order valence-electron chi connectivity index (χ0n) is 30.4. The third-order valence-corrected chi connectivity index (χ3v) is 11.9. The molecule has 2 amide bonds. The molecule has 1 aromatic carbocycles. The lowest BCUT2D eigenvalue weighted by Gasteiger charge is -2.37. The van der Waals surface area contributed by atoms with Crippen LogP contribution in [-0.4, -0.2) is 73.0 Å². The maximum absolute atomic E-state index is 15.0. The lowest BCUT2D eigenvalue weighted by atomic mass is 9.78. The first-order valence-electron chi connectivity index (χ1n) is 18.7. The highest BCUT2D eigenvalue weighted by Gasteiger charge is 2.50. The molecular weight excluding hydrogens is 678 g/mol. The topological polar surface area (TPSA) is 133 Å². The number of imidazole rings is 1. The van der Waals surface area contributed by atoms with Gasteiger partial charge in [0.15, 0.2) is 11.2 Å². The Balaban J connectivity index is 1.17. The number of piperidine rings is 1. The van der Waals surface area contributed by atoms with Crippen molar-refractivity contribution in [2.24, 2.45) is 18.7 Å². The van der Waals surface area contributed by atoms with E-state index in [0.29, 0.717) is 65.8 Å². The fraction of sp³-hybridized carbons (Fsp3) is 0.475. The maximum atomic E-state index is 15.0. The van der Waals surface area contributed by atoms with E-state index in [1.54, 1.807) is 26.2 Å². The summed E-state index contributed by atoms with van der Waals surface area (Å²) >= 11 is 0. The van der Waals surface area contributed by atoms with Gasteiger partial charge in [-0.05, 0) is 87.4 Å². The molecular formula is C40H46F2N8O3. The van der Waals surface area contributed by atoms with Crippen molar-refractivity contribution < 1.29 is 23.1 Å². The van der Waals surface area contributed by atoms with Crippen LogP contribution in [-0.2, 0) is 23.8 Å². The lowest BCUT2D eigenvalue weighted by molar-refractivity contribution is -0.134. The number of carbonyl (C=O) groups is 2. The molecule has 1 aliphatic carbocycles. The van der Waals surface area contributed by atoms with Gasteiger partial charge in [0.05, 0.1) is 35.8 Å². The third-order valence-electron chi connectivity index (χ3n) is 11.9. The summed E-state index contributed by atoms with van der Waals surface area (Å²) in [4.78, 5) is 44.1. The Bertz CT molecular complexity index is 2190. The van der Waals surface area contributed by atoms with Crippen LogP contribution in [0.3, 0.4) is 0 Å². The third kappa shape index (κ3) is 5.93. The summed E-state index contributed by atoms with van der Waals surface area (Å²) in [5, 5.41) is 3.76. The first-order valence-corrected chi connectivity index (χ1v) is 18.7. The van der Waals surface area contributed by atoms with Crippen LogP contribution in [0.4, 0.5) is 8.78 Å². The molecule has 4 bridgehead atoms. The van der Waals surface area contributed by atoms with Crippen LogP contribution in [0, 0.1) is 5.92 Å². The molecule has 3 N–H and O–H groups in total. The van der Waals surface area contributed by atoms with Gasteiger partial charge in [0, 0.05) is 49.4 Å². The van der Waals surface area contributed by atoms with Gasteiger partial charge >= 0.3 is 0 Å². The van der Waals surface area contributed by atoms with E-state index in [9.17, 15) is 9.59 Å². The van der Waals surface area contributed by atoms with Gasteiger partial charge in [0.25, 0.3) is 12.3 Å². The number of pyridine rings is 2. The van der Waals surface area contributed by atoms with Crippen molar-refractivity contribution in [2.75, 3.05) is 13.7 Å². The van der Waals surface area contributed by atoms with E-state index in [0.717, 1.165) is 48.7 Å². The average Bonchev–Trinajstić information content (AvgIpc) is 3.85. The first-order chi connectivity index (χ1) is 25.6. The van der Waals surface area contributed by atoms with Gasteiger partial charge in [-0.1, -0.05) is 25.3 Å². The highest BCUT2D eigenvalue weighted by Crippen LogP contribution is 2.40. The summed E-state index contributed by atoms with van der Waals surface area (Å²) < 4.78 is 40.1. The second-order valence-electron chi connectivity index (χ2n) is 15.1. The predicted molar refractivity (Wildman–Crippen MR) is 198 cm³/mol. The number of nitrogens with one attached hydrogen (secondary N) is 1. The number of hydrogen-bond acceptors (Lipinski definition) is 7. The summed E-state index contributed by atoms with van der Waals surface area (Å²) in [6.07, 6.45) is 4.12. The van der Waals surface area contributed by atoms with Crippen molar-refractivity contribution in [1.82, 2.24) is 34.3 Å². The molecule has 53 heavy (non-hydrogen) atoms. The molecule has 4 aromatic heterocycles. The van der Waals surface area contributed by atoms with Gasteiger partial charge < -0.3 is 29.8 Å². The van der Waals surface area contributed by atoms with Crippen molar-refractivity contribution in [3.05, 3.63) is 71.7 Å². The molecule has 11 nitrogen and oxygen atoms in total. The summed E-state index contributed by atoms with van der Waals surface area (Å²) in [5.74, 6) is 0.934. The molecule has 5 atom stereocenters. The molecule has 0 unspecified atom stereocenters. The number of alkyl halides is 2. The van der Waals surface area contributed by atoms with Gasteiger partial charge in [0.1, 0.15) is 16.9 Å². The fourth-order valence-corrected chi connectivity index (χ4v) is 8.95. The summed E-state index contributed by atoms with van der Waals surface area (Å²) in [5.41, 5.74) is 8.54. The summed E-state index contributed by atoms with van der Waals surface area (Å²) in [6, 6.07) is 13.9.